The second-order valence-electron chi connectivity index (χ2n) is 4.36. The lowest BCUT2D eigenvalue weighted by molar-refractivity contribution is 0.566. The molecule has 0 saturated carbocycles. The molecule has 0 N–H and O–H groups in total. The second kappa shape index (κ2) is 5.30. The summed E-state index contributed by atoms with van der Waals surface area (Å²) in [5, 5.41) is 4.76. The zero-order valence-electron chi connectivity index (χ0n) is 10.1. The third kappa shape index (κ3) is 2.79. The summed E-state index contributed by atoms with van der Waals surface area (Å²) in [6.07, 6.45) is 6.70. The van der Waals surface area contributed by atoms with E-state index in [0.29, 0.717) is 16.9 Å². The van der Waals surface area contributed by atoms with Gasteiger partial charge in [-0.25, -0.2) is 4.68 Å². The Morgan fingerprint density at radius 2 is 1.68 bits per heavy atom. The Morgan fingerprint density at radius 1 is 0.947 bits per heavy atom. The molecule has 3 rings (SSSR count). The fourth-order valence-electron chi connectivity index (χ4n) is 2.08. The van der Waals surface area contributed by atoms with Crippen LogP contribution in [-0.2, 0) is 0 Å². The molecule has 0 radical (unpaired) electrons. The van der Waals surface area contributed by atoms with Crippen LogP contribution in [0.1, 0.15) is 19.3 Å². The number of piperidine rings is 1. The van der Waals surface area contributed by atoms with Crippen LogP contribution in [0.4, 0.5) is 5.95 Å². The number of nitrogens with zero attached hydrogens (tertiary/aromatic N) is 6. The summed E-state index contributed by atoms with van der Waals surface area (Å²) in [4.78, 5) is 14.8. The largest absolute Gasteiger partial charge is 0.341 e. The van der Waals surface area contributed by atoms with Gasteiger partial charge in [0.1, 0.15) is 0 Å². The first-order valence-electron chi connectivity index (χ1n) is 6.09. The Labute approximate surface area is 120 Å². The van der Waals surface area contributed by atoms with Crippen molar-refractivity contribution in [3.05, 3.63) is 22.7 Å². The summed E-state index contributed by atoms with van der Waals surface area (Å²) < 4.78 is 1.49. The van der Waals surface area contributed by atoms with E-state index < -0.39 is 0 Å². The highest BCUT2D eigenvalue weighted by atomic mass is 35.5. The molecular weight excluding hydrogens is 287 g/mol. The van der Waals surface area contributed by atoms with E-state index in [-0.39, 0.29) is 5.28 Å². The summed E-state index contributed by atoms with van der Waals surface area (Å²) in [6, 6.07) is 0. The maximum Gasteiger partial charge on any atom is 0.256 e. The highest BCUT2D eigenvalue weighted by molar-refractivity contribution is 6.30. The number of anilines is 1. The van der Waals surface area contributed by atoms with Crippen molar-refractivity contribution < 1.29 is 0 Å². The van der Waals surface area contributed by atoms with Crippen LogP contribution in [0.15, 0.2) is 12.4 Å². The average molecular weight is 299 g/mol. The van der Waals surface area contributed by atoms with Gasteiger partial charge in [-0.1, -0.05) is 11.6 Å². The van der Waals surface area contributed by atoms with Gasteiger partial charge in [-0.2, -0.15) is 20.1 Å². The third-order valence-corrected chi connectivity index (χ3v) is 3.34. The Morgan fingerprint density at radius 3 is 2.37 bits per heavy atom. The summed E-state index contributed by atoms with van der Waals surface area (Å²) in [6.45, 7) is 1.89. The quantitative estimate of drug-likeness (QED) is 0.852. The van der Waals surface area contributed by atoms with Crippen molar-refractivity contribution in [1.29, 1.82) is 0 Å². The minimum atomic E-state index is 0.164. The first-order chi connectivity index (χ1) is 9.22. The van der Waals surface area contributed by atoms with Crippen LogP contribution in [0.25, 0.3) is 5.95 Å². The third-order valence-electron chi connectivity index (χ3n) is 2.98. The first-order valence-corrected chi connectivity index (χ1v) is 6.85. The van der Waals surface area contributed by atoms with Gasteiger partial charge < -0.3 is 4.90 Å². The van der Waals surface area contributed by atoms with Crippen molar-refractivity contribution in [3.63, 3.8) is 0 Å². The van der Waals surface area contributed by atoms with E-state index >= 15 is 0 Å². The molecule has 2 aromatic heterocycles. The van der Waals surface area contributed by atoms with E-state index in [2.05, 4.69) is 25.0 Å². The van der Waals surface area contributed by atoms with Gasteiger partial charge in [-0.15, -0.1) is 0 Å². The molecule has 3 heterocycles. The van der Waals surface area contributed by atoms with Gasteiger partial charge in [-0.05, 0) is 30.9 Å². The van der Waals surface area contributed by atoms with Gasteiger partial charge in [-0.3, -0.25) is 0 Å². The van der Waals surface area contributed by atoms with Crippen molar-refractivity contribution in [2.45, 2.75) is 19.3 Å². The summed E-state index contributed by atoms with van der Waals surface area (Å²) in [7, 11) is 0. The molecule has 6 nitrogen and oxygen atoms in total. The predicted octanol–water partition coefficient (Wildman–Crippen LogP) is 2.35. The van der Waals surface area contributed by atoms with Gasteiger partial charge in [0.05, 0.1) is 17.4 Å². The monoisotopic (exact) mass is 298 g/mol. The Balaban J connectivity index is 1.95. The van der Waals surface area contributed by atoms with Crippen molar-refractivity contribution in [1.82, 2.24) is 24.7 Å². The molecule has 0 spiro atoms. The fraction of sp³-hybridized carbons (Fsp3) is 0.455. The topological polar surface area (TPSA) is 59.7 Å². The Bertz CT molecular complexity index is 578. The number of hydrogen-bond donors (Lipinski definition) is 0. The van der Waals surface area contributed by atoms with Crippen LogP contribution in [0, 0.1) is 0 Å². The number of halogens is 2. The molecule has 1 fully saturated rings. The van der Waals surface area contributed by atoms with E-state index in [1.54, 1.807) is 6.20 Å². The van der Waals surface area contributed by atoms with Crippen LogP contribution in [0.2, 0.25) is 10.3 Å². The van der Waals surface area contributed by atoms with E-state index in [0.717, 1.165) is 25.9 Å². The minimum Gasteiger partial charge on any atom is -0.341 e. The lowest BCUT2D eigenvalue weighted by atomic mass is 10.1. The summed E-state index contributed by atoms with van der Waals surface area (Å²) in [5.74, 6) is 0.980. The molecule has 0 amide bonds. The highest BCUT2D eigenvalue weighted by Crippen LogP contribution is 2.18. The fourth-order valence-corrected chi connectivity index (χ4v) is 2.36. The Kier molecular flexibility index (Phi) is 3.52. The summed E-state index contributed by atoms with van der Waals surface area (Å²) >= 11 is 11.8. The van der Waals surface area contributed by atoms with Gasteiger partial charge in [0.2, 0.25) is 11.2 Å². The molecule has 0 aliphatic carbocycles. The van der Waals surface area contributed by atoms with E-state index in [1.165, 1.54) is 17.3 Å². The van der Waals surface area contributed by atoms with Gasteiger partial charge in [0, 0.05) is 13.1 Å². The molecule has 8 heteroatoms. The van der Waals surface area contributed by atoms with Crippen molar-refractivity contribution in [2.24, 2.45) is 0 Å². The average Bonchev–Trinajstić information content (AvgIpc) is 2.86. The Hall–Kier alpha value is -1.40. The summed E-state index contributed by atoms with van der Waals surface area (Å²) in [5.41, 5.74) is 0. The smallest absolute Gasteiger partial charge is 0.256 e. The molecule has 1 saturated heterocycles. The van der Waals surface area contributed by atoms with Crippen molar-refractivity contribution in [2.75, 3.05) is 18.0 Å². The number of rotatable bonds is 2. The SMILES string of the molecule is Clc1cnn(-c2nc(Cl)nc(N3CCCCC3)n2)c1. The van der Waals surface area contributed by atoms with Crippen LogP contribution in [-0.4, -0.2) is 37.8 Å². The molecule has 19 heavy (non-hydrogen) atoms. The van der Waals surface area contributed by atoms with Crippen molar-refractivity contribution in [3.8, 4) is 5.95 Å². The molecule has 1 aliphatic heterocycles. The van der Waals surface area contributed by atoms with Crippen LogP contribution < -0.4 is 4.90 Å². The standard InChI is InChI=1S/C11H12Cl2N6/c12-8-6-14-19(7-8)11-16-9(13)15-10(17-11)18-4-2-1-3-5-18/h6-7H,1-5H2. The maximum atomic E-state index is 5.96. The molecular formula is C11H12Cl2N6. The zero-order chi connectivity index (χ0) is 13.2. The van der Waals surface area contributed by atoms with E-state index in [1.807, 2.05) is 0 Å². The van der Waals surface area contributed by atoms with E-state index in [4.69, 9.17) is 23.2 Å². The zero-order valence-corrected chi connectivity index (χ0v) is 11.6. The second-order valence-corrected chi connectivity index (χ2v) is 5.13. The maximum absolute atomic E-state index is 5.96. The van der Waals surface area contributed by atoms with Crippen molar-refractivity contribution >= 4 is 29.2 Å². The molecule has 0 atom stereocenters. The van der Waals surface area contributed by atoms with Gasteiger partial charge >= 0.3 is 0 Å². The lowest BCUT2D eigenvalue weighted by Gasteiger charge is -2.26. The lowest BCUT2D eigenvalue weighted by Crippen LogP contribution is -2.31. The van der Waals surface area contributed by atoms with Crippen LogP contribution >= 0.6 is 23.2 Å². The minimum absolute atomic E-state index is 0.164. The van der Waals surface area contributed by atoms with E-state index in [9.17, 15) is 0 Å². The van der Waals surface area contributed by atoms with Crippen LogP contribution in [0.5, 0.6) is 0 Å². The van der Waals surface area contributed by atoms with Gasteiger partial charge in [0.15, 0.2) is 0 Å². The highest BCUT2D eigenvalue weighted by Gasteiger charge is 2.16. The number of hydrogen-bond acceptors (Lipinski definition) is 5. The first kappa shape index (κ1) is 12.6. The van der Waals surface area contributed by atoms with Crippen LogP contribution in [0.3, 0.4) is 0 Å². The molecule has 0 aromatic carbocycles. The predicted molar refractivity (Wildman–Crippen MR) is 73.0 cm³/mol. The normalized spacial score (nSPS) is 15.8. The number of aromatic nitrogens is 5. The molecule has 2 aromatic rings. The van der Waals surface area contributed by atoms with Gasteiger partial charge in [0.25, 0.3) is 5.95 Å². The molecule has 0 bridgehead atoms. The molecule has 1 aliphatic rings. The molecule has 100 valence electrons. The molecule has 0 unspecified atom stereocenters.